The van der Waals surface area contributed by atoms with Gasteiger partial charge in [0.15, 0.2) is 0 Å². The van der Waals surface area contributed by atoms with Crippen molar-refractivity contribution in [2.75, 3.05) is 26.2 Å². The second-order valence-corrected chi connectivity index (χ2v) is 6.33. The Hall–Kier alpha value is -0.0800. The van der Waals surface area contributed by atoms with Crippen molar-refractivity contribution in [3.8, 4) is 0 Å². The third-order valence-corrected chi connectivity index (χ3v) is 3.86. The average Bonchev–Trinajstić information content (AvgIpc) is 2.22. The van der Waals surface area contributed by atoms with Gasteiger partial charge in [0.25, 0.3) is 0 Å². The predicted molar refractivity (Wildman–Crippen MR) is 76.4 cm³/mol. The van der Waals surface area contributed by atoms with Crippen LogP contribution >= 0.6 is 0 Å². The van der Waals surface area contributed by atoms with Crippen LogP contribution in [0.5, 0.6) is 0 Å². The van der Waals surface area contributed by atoms with Crippen LogP contribution in [0.2, 0.25) is 0 Å². The van der Waals surface area contributed by atoms with Gasteiger partial charge >= 0.3 is 0 Å². The lowest BCUT2D eigenvalue weighted by atomic mass is 10.0. The van der Waals surface area contributed by atoms with Crippen molar-refractivity contribution in [2.24, 2.45) is 11.8 Å². The zero-order valence-corrected chi connectivity index (χ0v) is 12.3. The number of hydrogen-bond acceptors (Lipinski definition) is 2. The molecule has 1 rings (SSSR count). The van der Waals surface area contributed by atoms with Crippen LogP contribution in [0.3, 0.4) is 0 Å². The highest BCUT2D eigenvalue weighted by Gasteiger charge is 2.17. The van der Waals surface area contributed by atoms with Gasteiger partial charge in [0.05, 0.1) is 0 Å². The van der Waals surface area contributed by atoms with Crippen molar-refractivity contribution in [1.82, 2.24) is 10.2 Å². The lowest BCUT2D eigenvalue weighted by Crippen LogP contribution is -2.43. The van der Waals surface area contributed by atoms with Crippen LogP contribution in [0.4, 0.5) is 0 Å². The van der Waals surface area contributed by atoms with Crippen LogP contribution in [0, 0.1) is 11.8 Å². The Morgan fingerprint density at radius 1 is 1.24 bits per heavy atom. The first-order valence-electron chi connectivity index (χ1n) is 7.54. The monoisotopic (exact) mass is 240 g/mol. The Balaban J connectivity index is 2.29. The fraction of sp³-hybridized carbons (Fsp3) is 1.00. The summed E-state index contributed by atoms with van der Waals surface area (Å²) in [5.74, 6) is 1.65. The minimum atomic E-state index is 0.772. The normalized spacial score (nSPS) is 25.6. The highest BCUT2D eigenvalue weighted by molar-refractivity contribution is 4.74. The molecule has 1 aliphatic rings. The lowest BCUT2D eigenvalue weighted by Gasteiger charge is -2.33. The molecule has 1 N–H and O–H groups in total. The number of nitrogens with one attached hydrogen (secondary N) is 1. The standard InChI is InChI=1S/C15H32N2/c1-13(2)7-5-8-15(4)17-10-6-9-16-11-14(3)12-17/h13-16H,5-12H2,1-4H3. The molecule has 1 heterocycles. The van der Waals surface area contributed by atoms with E-state index in [4.69, 9.17) is 0 Å². The minimum absolute atomic E-state index is 0.772. The molecular formula is C15H32N2. The molecule has 17 heavy (non-hydrogen) atoms. The molecule has 102 valence electrons. The molecule has 0 aromatic carbocycles. The molecule has 0 aromatic heterocycles. The number of nitrogens with zero attached hydrogens (tertiary/aromatic N) is 1. The summed E-state index contributed by atoms with van der Waals surface area (Å²) in [6.07, 6.45) is 5.46. The quantitative estimate of drug-likeness (QED) is 0.794. The zero-order chi connectivity index (χ0) is 12.7. The van der Waals surface area contributed by atoms with Gasteiger partial charge in [-0.15, -0.1) is 0 Å². The first kappa shape index (κ1) is 15.0. The molecule has 1 aliphatic heterocycles. The van der Waals surface area contributed by atoms with E-state index in [-0.39, 0.29) is 0 Å². The SMILES string of the molecule is CC(C)CCCC(C)N1CCCNCC(C)C1. The van der Waals surface area contributed by atoms with Crippen molar-refractivity contribution in [3.05, 3.63) is 0 Å². The maximum atomic E-state index is 3.53. The Bertz CT molecular complexity index is 191. The average molecular weight is 240 g/mol. The molecule has 2 heteroatoms. The van der Waals surface area contributed by atoms with E-state index in [0.29, 0.717) is 0 Å². The molecule has 1 saturated heterocycles. The smallest absolute Gasteiger partial charge is 0.00670 e. The Labute approximate surface area is 108 Å². The zero-order valence-electron chi connectivity index (χ0n) is 12.3. The Kier molecular flexibility index (Phi) is 7.14. The maximum Gasteiger partial charge on any atom is 0.00670 e. The Morgan fingerprint density at radius 2 is 2.00 bits per heavy atom. The largest absolute Gasteiger partial charge is 0.316 e. The second-order valence-electron chi connectivity index (χ2n) is 6.33. The van der Waals surface area contributed by atoms with Gasteiger partial charge in [-0.2, -0.15) is 0 Å². The van der Waals surface area contributed by atoms with E-state index >= 15 is 0 Å². The van der Waals surface area contributed by atoms with E-state index < -0.39 is 0 Å². The van der Waals surface area contributed by atoms with Crippen LogP contribution in [0.25, 0.3) is 0 Å². The van der Waals surface area contributed by atoms with Gasteiger partial charge in [0.2, 0.25) is 0 Å². The van der Waals surface area contributed by atoms with Crippen LogP contribution in [0.1, 0.15) is 53.4 Å². The van der Waals surface area contributed by atoms with Crippen LogP contribution in [0.15, 0.2) is 0 Å². The lowest BCUT2D eigenvalue weighted by molar-refractivity contribution is 0.156. The third-order valence-electron chi connectivity index (χ3n) is 3.86. The summed E-state index contributed by atoms with van der Waals surface area (Å²) in [7, 11) is 0. The first-order chi connectivity index (χ1) is 8.09. The van der Waals surface area contributed by atoms with Crippen LogP contribution in [-0.2, 0) is 0 Å². The van der Waals surface area contributed by atoms with Crippen molar-refractivity contribution in [2.45, 2.75) is 59.4 Å². The second kappa shape index (κ2) is 8.10. The molecule has 2 unspecified atom stereocenters. The molecule has 0 aromatic rings. The summed E-state index contributed by atoms with van der Waals surface area (Å²) in [6, 6.07) is 0.772. The van der Waals surface area contributed by atoms with E-state index in [9.17, 15) is 0 Å². The topological polar surface area (TPSA) is 15.3 Å². The molecule has 0 bridgehead atoms. The minimum Gasteiger partial charge on any atom is -0.316 e. The summed E-state index contributed by atoms with van der Waals surface area (Å²) < 4.78 is 0. The highest BCUT2D eigenvalue weighted by Crippen LogP contribution is 2.15. The van der Waals surface area contributed by atoms with Gasteiger partial charge in [0.1, 0.15) is 0 Å². The molecule has 0 amide bonds. The predicted octanol–water partition coefficient (Wildman–Crippen LogP) is 3.13. The van der Waals surface area contributed by atoms with Gasteiger partial charge in [0, 0.05) is 12.6 Å². The molecular weight excluding hydrogens is 208 g/mol. The fourth-order valence-electron chi connectivity index (χ4n) is 2.72. The molecule has 0 aliphatic carbocycles. The molecule has 0 radical (unpaired) electrons. The summed E-state index contributed by atoms with van der Waals surface area (Å²) >= 11 is 0. The highest BCUT2D eigenvalue weighted by atomic mass is 15.2. The van der Waals surface area contributed by atoms with Crippen molar-refractivity contribution >= 4 is 0 Å². The third kappa shape index (κ3) is 6.42. The molecule has 0 saturated carbocycles. The van der Waals surface area contributed by atoms with Crippen molar-refractivity contribution < 1.29 is 0 Å². The molecule has 1 fully saturated rings. The van der Waals surface area contributed by atoms with Gasteiger partial charge in [-0.25, -0.2) is 0 Å². The van der Waals surface area contributed by atoms with E-state index in [1.807, 2.05) is 0 Å². The summed E-state index contributed by atoms with van der Waals surface area (Å²) in [4.78, 5) is 2.71. The van der Waals surface area contributed by atoms with Crippen LogP contribution < -0.4 is 5.32 Å². The van der Waals surface area contributed by atoms with E-state index in [1.54, 1.807) is 0 Å². The van der Waals surface area contributed by atoms with Gasteiger partial charge in [-0.3, -0.25) is 0 Å². The first-order valence-corrected chi connectivity index (χ1v) is 7.54. The van der Waals surface area contributed by atoms with E-state index in [2.05, 4.69) is 37.9 Å². The molecule has 2 atom stereocenters. The fourth-order valence-corrected chi connectivity index (χ4v) is 2.72. The molecule has 0 spiro atoms. The summed E-state index contributed by atoms with van der Waals surface area (Å²) in [5.41, 5.74) is 0. The van der Waals surface area contributed by atoms with E-state index in [1.165, 1.54) is 51.9 Å². The maximum absolute atomic E-state index is 3.53. The van der Waals surface area contributed by atoms with Gasteiger partial charge in [-0.05, 0) is 51.2 Å². The number of rotatable bonds is 5. The summed E-state index contributed by atoms with van der Waals surface area (Å²) in [5, 5.41) is 3.53. The van der Waals surface area contributed by atoms with Crippen LogP contribution in [-0.4, -0.2) is 37.1 Å². The van der Waals surface area contributed by atoms with E-state index in [0.717, 1.165) is 17.9 Å². The number of hydrogen-bond donors (Lipinski definition) is 1. The van der Waals surface area contributed by atoms with Crippen molar-refractivity contribution in [1.29, 1.82) is 0 Å². The van der Waals surface area contributed by atoms with Gasteiger partial charge in [-0.1, -0.05) is 33.6 Å². The summed E-state index contributed by atoms with van der Waals surface area (Å²) in [6.45, 7) is 14.4. The molecule has 2 nitrogen and oxygen atoms in total. The van der Waals surface area contributed by atoms with Crippen molar-refractivity contribution in [3.63, 3.8) is 0 Å². The Morgan fingerprint density at radius 3 is 2.71 bits per heavy atom. The van der Waals surface area contributed by atoms with Gasteiger partial charge < -0.3 is 10.2 Å².